The predicted molar refractivity (Wildman–Crippen MR) is 153 cm³/mol. The topological polar surface area (TPSA) is 53.4 Å². The molecule has 0 radical (unpaired) electrons. The molecule has 0 saturated carbocycles. The second-order valence-corrected chi connectivity index (χ2v) is 10.2. The van der Waals surface area contributed by atoms with Gasteiger partial charge < -0.3 is 15.7 Å². The van der Waals surface area contributed by atoms with Gasteiger partial charge in [0.25, 0.3) is 5.01 Å². The molecule has 1 aliphatic heterocycles. The number of hydrogen-bond donors (Lipinski definition) is 2. The van der Waals surface area contributed by atoms with E-state index in [4.69, 9.17) is 5.73 Å². The Kier molecular flexibility index (Phi) is 7.91. The predicted octanol–water partition coefficient (Wildman–Crippen LogP) is 6.30. The highest BCUT2D eigenvalue weighted by atomic mass is 32.1. The van der Waals surface area contributed by atoms with Crippen LogP contribution in [0.5, 0.6) is 0 Å². The molecular formula is C31H34N3OS+. The van der Waals surface area contributed by atoms with Gasteiger partial charge in [0.15, 0.2) is 6.54 Å². The summed E-state index contributed by atoms with van der Waals surface area (Å²) in [6.45, 7) is 2.83. The standard InChI is InChI=1S/C31H34N3OS/c32-20-7-8-21-33-27-15-3-1-12-25(27)24(26-13-2-4-16-28(26)33)14-11-19-31-34(22-9-10-23-35)29-17-5-6-18-30(29)36-31/h1-6,11-19,35H,7-10,20-23,32H2/q+1. The number of fused-ring (bicyclic) bond motifs is 3. The minimum Gasteiger partial charge on any atom is -0.396 e. The minimum atomic E-state index is 0.238. The number of allylic oxidation sites excluding steroid dienone is 2. The SMILES string of the molecule is NCCCCN1c2ccccc2C(=C/C=C/c2sc3ccccc3[n+]2CCCCO)c2ccccc21. The van der Waals surface area contributed by atoms with E-state index in [0.717, 1.165) is 45.3 Å². The van der Waals surface area contributed by atoms with Crippen LogP contribution in [0.3, 0.4) is 0 Å². The first-order chi connectivity index (χ1) is 17.8. The number of nitrogens with zero attached hydrogens (tertiary/aromatic N) is 2. The van der Waals surface area contributed by atoms with E-state index in [2.05, 4.69) is 100 Å². The zero-order valence-electron chi connectivity index (χ0n) is 20.6. The van der Waals surface area contributed by atoms with Crippen LogP contribution in [0, 0.1) is 0 Å². The number of unbranched alkanes of at least 4 members (excludes halogenated alkanes) is 2. The number of benzene rings is 3. The zero-order chi connectivity index (χ0) is 24.7. The van der Waals surface area contributed by atoms with Crippen molar-refractivity contribution in [2.45, 2.75) is 32.2 Å². The summed E-state index contributed by atoms with van der Waals surface area (Å²) >= 11 is 1.82. The van der Waals surface area contributed by atoms with E-state index in [0.29, 0.717) is 0 Å². The fourth-order valence-electron chi connectivity index (χ4n) is 5.00. The fourth-order valence-corrected chi connectivity index (χ4v) is 6.10. The van der Waals surface area contributed by atoms with Gasteiger partial charge in [0.2, 0.25) is 5.52 Å². The maximum Gasteiger partial charge on any atom is 0.262 e. The van der Waals surface area contributed by atoms with Gasteiger partial charge in [-0.25, -0.2) is 0 Å². The molecule has 2 heterocycles. The Morgan fingerprint density at radius 3 is 2.25 bits per heavy atom. The van der Waals surface area contributed by atoms with Crippen LogP contribution in [-0.4, -0.2) is 24.8 Å². The van der Waals surface area contributed by atoms with Gasteiger partial charge in [0.05, 0.1) is 0 Å². The summed E-state index contributed by atoms with van der Waals surface area (Å²) in [5, 5.41) is 10.5. The molecule has 5 rings (SSSR count). The van der Waals surface area contributed by atoms with E-state index in [9.17, 15) is 5.11 Å². The van der Waals surface area contributed by atoms with Crippen molar-refractivity contribution in [3.05, 3.63) is 101 Å². The lowest BCUT2D eigenvalue weighted by Crippen LogP contribution is -2.35. The molecule has 0 fully saturated rings. The van der Waals surface area contributed by atoms with Crippen LogP contribution >= 0.6 is 11.3 Å². The molecule has 0 unspecified atom stereocenters. The average Bonchev–Trinajstić information content (AvgIpc) is 3.27. The van der Waals surface area contributed by atoms with E-state index in [1.54, 1.807) is 0 Å². The molecule has 3 N–H and O–H groups in total. The summed E-state index contributed by atoms with van der Waals surface area (Å²) in [5.74, 6) is 0. The molecule has 0 saturated heterocycles. The molecule has 0 aliphatic carbocycles. The van der Waals surface area contributed by atoms with Gasteiger partial charge in [0.1, 0.15) is 4.70 Å². The van der Waals surface area contributed by atoms with Gasteiger partial charge in [0, 0.05) is 54.2 Å². The Bertz CT molecular complexity index is 1340. The number of anilines is 2. The Hall–Kier alpha value is -3.25. The highest BCUT2D eigenvalue weighted by molar-refractivity contribution is 7.18. The van der Waals surface area contributed by atoms with E-state index in [1.807, 2.05) is 11.3 Å². The molecule has 0 spiro atoms. The second-order valence-electron chi connectivity index (χ2n) is 9.11. The van der Waals surface area contributed by atoms with Gasteiger partial charge in [-0.2, -0.15) is 4.57 Å². The number of hydrogen-bond acceptors (Lipinski definition) is 4. The number of nitrogens with two attached hydrogens (primary N) is 1. The molecule has 1 aromatic heterocycles. The van der Waals surface area contributed by atoms with Crippen LogP contribution in [0.1, 0.15) is 41.8 Å². The molecule has 5 heteroatoms. The lowest BCUT2D eigenvalue weighted by atomic mass is 9.89. The van der Waals surface area contributed by atoms with Gasteiger partial charge in [-0.05, 0) is 49.6 Å². The maximum absolute atomic E-state index is 9.26. The van der Waals surface area contributed by atoms with Crippen LogP contribution in [0.2, 0.25) is 0 Å². The molecule has 0 amide bonds. The molecule has 0 bridgehead atoms. The third-order valence-corrected chi connectivity index (χ3v) is 7.86. The highest BCUT2D eigenvalue weighted by Crippen LogP contribution is 2.44. The van der Waals surface area contributed by atoms with E-state index in [-0.39, 0.29) is 6.61 Å². The smallest absolute Gasteiger partial charge is 0.262 e. The van der Waals surface area contributed by atoms with Crippen molar-refractivity contribution < 1.29 is 9.67 Å². The summed E-state index contributed by atoms with van der Waals surface area (Å²) in [6.07, 6.45) is 10.6. The highest BCUT2D eigenvalue weighted by Gasteiger charge is 2.25. The summed E-state index contributed by atoms with van der Waals surface area (Å²) in [7, 11) is 0. The number of aromatic nitrogens is 1. The molecule has 4 nitrogen and oxygen atoms in total. The van der Waals surface area contributed by atoms with Crippen molar-refractivity contribution in [2.24, 2.45) is 5.73 Å². The van der Waals surface area contributed by atoms with Crippen LogP contribution < -0.4 is 15.2 Å². The largest absolute Gasteiger partial charge is 0.396 e. The van der Waals surface area contributed by atoms with Crippen molar-refractivity contribution in [1.82, 2.24) is 0 Å². The van der Waals surface area contributed by atoms with Crippen LogP contribution in [0.4, 0.5) is 11.4 Å². The van der Waals surface area contributed by atoms with E-state index in [1.165, 1.54) is 43.3 Å². The number of aliphatic hydroxyl groups is 1. The Morgan fingerprint density at radius 1 is 0.833 bits per heavy atom. The van der Waals surface area contributed by atoms with Crippen molar-refractivity contribution in [1.29, 1.82) is 0 Å². The van der Waals surface area contributed by atoms with Crippen LogP contribution in [0.15, 0.2) is 84.9 Å². The Morgan fingerprint density at radius 2 is 1.53 bits per heavy atom. The summed E-state index contributed by atoms with van der Waals surface area (Å²) in [6, 6.07) is 26.0. The van der Waals surface area contributed by atoms with Crippen molar-refractivity contribution in [3.8, 4) is 0 Å². The van der Waals surface area contributed by atoms with Crippen molar-refractivity contribution in [3.63, 3.8) is 0 Å². The first kappa shape index (κ1) is 24.4. The fraction of sp³-hybridized carbons (Fsp3) is 0.258. The number of aliphatic hydroxyl groups excluding tert-OH is 1. The summed E-state index contributed by atoms with van der Waals surface area (Å²) < 4.78 is 3.67. The van der Waals surface area contributed by atoms with Gasteiger partial charge >= 0.3 is 0 Å². The minimum absolute atomic E-state index is 0.238. The molecule has 184 valence electrons. The third kappa shape index (κ3) is 5.00. The molecule has 36 heavy (non-hydrogen) atoms. The maximum atomic E-state index is 9.26. The van der Waals surface area contributed by atoms with Crippen LogP contribution in [0.25, 0.3) is 21.9 Å². The monoisotopic (exact) mass is 496 g/mol. The number of aryl methyl sites for hydroxylation is 1. The van der Waals surface area contributed by atoms with Crippen molar-refractivity contribution in [2.75, 3.05) is 24.6 Å². The number of thiazole rings is 1. The first-order valence-electron chi connectivity index (χ1n) is 12.9. The summed E-state index contributed by atoms with van der Waals surface area (Å²) in [5.41, 5.74) is 13.3. The van der Waals surface area contributed by atoms with E-state index < -0.39 is 0 Å². The Labute approximate surface area is 217 Å². The second kappa shape index (κ2) is 11.7. The first-order valence-corrected chi connectivity index (χ1v) is 13.7. The van der Waals surface area contributed by atoms with Crippen molar-refractivity contribution >= 4 is 44.6 Å². The van der Waals surface area contributed by atoms with Gasteiger partial charge in [-0.15, -0.1) is 0 Å². The molecule has 1 aliphatic rings. The molecule has 4 aromatic rings. The Balaban J connectivity index is 1.52. The molecule has 3 aromatic carbocycles. The quantitative estimate of drug-likeness (QED) is 0.200. The van der Waals surface area contributed by atoms with E-state index >= 15 is 0 Å². The molecular weight excluding hydrogens is 462 g/mol. The zero-order valence-corrected chi connectivity index (χ0v) is 21.5. The number of rotatable bonds is 10. The summed E-state index contributed by atoms with van der Waals surface area (Å²) in [4.78, 5) is 2.45. The lowest BCUT2D eigenvalue weighted by Gasteiger charge is -2.34. The lowest BCUT2D eigenvalue weighted by molar-refractivity contribution is -0.669. The number of para-hydroxylation sites is 3. The normalized spacial score (nSPS) is 12.8. The molecule has 0 atom stereocenters. The van der Waals surface area contributed by atoms with Gasteiger partial charge in [-0.1, -0.05) is 72.0 Å². The van der Waals surface area contributed by atoms with Crippen LogP contribution in [-0.2, 0) is 6.54 Å². The third-order valence-electron chi connectivity index (χ3n) is 6.73. The average molecular weight is 497 g/mol. The van der Waals surface area contributed by atoms with Gasteiger partial charge in [-0.3, -0.25) is 0 Å².